The van der Waals surface area contributed by atoms with Gasteiger partial charge in [-0.15, -0.1) is 5.53 Å². The van der Waals surface area contributed by atoms with E-state index in [1.54, 1.807) is 0 Å². The van der Waals surface area contributed by atoms with Crippen LogP contribution in [-0.4, -0.2) is 17.7 Å². The number of anilines is 3. The minimum absolute atomic E-state index is 0.0905. The van der Waals surface area contributed by atoms with Gasteiger partial charge in [-0.25, -0.2) is 4.79 Å². The van der Waals surface area contributed by atoms with Crippen molar-refractivity contribution < 1.29 is 9.90 Å². The molecule has 0 aromatic heterocycles. The standard InChI is InChI=1S/C18H21N5O2/c1-13-4-2-3-5-17(13)20-18(25)19-14-6-8-16(9-7-14)23-12-15(10-11-24)21-22-23/h2-9,12,21-22,24H,10-11H2,1H3,(H2,19,20,25). The van der Waals surface area contributed by atoms with Crippen LogP contribution in [0.1, 0.15) is 12.0 Å². The van der Waals surface area contributed by atoms with Crippen molar-refractivity contribution in [2.45, 2.75) is 13.3 Å². The third-order valence-corrected chi connectivity index (χ3v) is 3.80. The second-order valence-electron chi connectivity index (χ2n) is 5.68. The monoisotopic (exact) mass is 339 g/mol. The number of aliphatic hydroxyl groups excluding tert-OH is 1. The molecular weight excluding hydrogens is 318 g/mol. The van der Waals surface area contributed by atoms with Gasteiger partial charge in [0.05, 0.1) is 5.69 Å². The molecule has 0 bridgehead atoms. The van der Waals surface area contributed by atoms with Crippen LogP contribution >= 0.6 is 0 Å². The molecule has 0 saturated carbocycles. The Bertz CT molecular complexity index is 773. The summed E-state index contributed by atoms with van der Waals surface area (Å²) >= 11 is 0. The Balaban J connectivity index is 1.59. The zero-order valence-corrected chi connectivity index (χ0v) is 13.9. The predicted octanol–water partition coefficient (Wildman–Crippen LogP) is 2.69. The number of urea groups is 1. The van der Waals surface area contributed by atoms with E-state index in [1.807, 2.05) is 66.7 Å². The van der Waals surface area contributed by atoms with Crippen molar-refractivity contribution in [2.75, 3.05) is 22.2 Å². The summed E-state index contributed by atoms with van der Waals surface area (Å²) in [5.74, 6) is 0. The largest absolute Gasteiger partial charge is 0.396 e. The Morgan fingerprint density at radius 2 is 1.88 bits per heavy atom. The van der Waals surface area contributed by atoms with Crippen molar-refractivity contribution in [3.63, 3.8) is 0 Å². The van der Waals surface area contributed by atoms with Crippen LogP contribution in [0.15, 0.2) is 60.4 Å². The van der Waals surface area contributed by atoms with Gasteiger partial charge in [-0.3, -0.25) is 5.01 Å². The van der Waals surface area contributed by atoms with E-state index in [1.165, 1.54) is 0 Å². The Kier molecular flexibility index (Phi) is 5.17. The summed E-state index contributed by atoms with van der Waals surface area (Å²) in [6, 6.07) is 14.8. The van der Waals surface area contributed by atoms with Crippen LogP contribution in [-0.2, 0) is 0 Å². The molecule has 2 aromatic carbocycles. The number of rotatable bonds is 5. The highest BCUT2D eigenvalue weighted by Gasteiger charge is 2.12. The van der Waals surface area contributed by atoms with Gasteiger partial charge in [0.2, 0.25) is 0 Å². The second-order valence-corrected chi connectivity index (χ2v) is 5.68. The van der Waals surface area contributed by atoms with E-state index < -0.39 is 0 Å². The number of nitrogens with one attached hydrogen (secondary N) is 4. The maximum atomic E-state index is 12.1. The van der Waals surface area contributed by atoms with Gasteiger partial charge in [-0.1, -0.05) is 18.2 Å². The number of hydrogen-bond donors (Lipinski definition) is 5. The van der Waals surface area contributed by atoms with E-state index in [9.17, 15) is 4.79 Å². The molecule has 0 spiro atoms. The molecule has 1 aliphatic heterocycles. The minimum Gasteiger partial charge on any atom is -0.396 e. The van der Waals surface area contributed by atoms with E-state index in [0.29, 0.717) is 12.1 Å². The quantitative estimate of drug-likeness (QED) is 0.578. The molecule has 7 nitrogen and oxygen atoms in total. The molecule has 25 heavy (non-hydrogen) atoms. The highest BCUT2D eigenvalue weighted by atomic mass is 16.3. The van der Waals surface area contributed by atoms with Crippen molar-refractivity contribution in [1.29, 1.82) is 0 Å². The summed E-state index contributed by atoms with van der Waals surface area (Å²) in [6.45, 7) is 2.03. The molecule has 3 rings (SSSR count). The Morgan fingerprint density at radius 3 is 2.60 bits per heavy atom. The second kappa shape index (κ2) is 7.69. The molecule has 0 saturated heterocycles. The number of aliphatic hydroxyl groups is 1. The summed E-state index contributed by atoms with van der Waals surface area (Å²) in [5, 5.41) is 16.4. The first-order chi connectivity index (χ1) is 12.2. The lowest BCUT2D eigenvalue weighted by Crippen LogP contribution is -2.36. The third kappa shape index (κ3) is 4.28. The lowest BCUT2D eigenvalue weighted by atomic mass is 10.2. The maximum Gasteiger partial charge on any atom is 0.323 e. The van der Waals surface area contributed by atoms with Gasteiger partial charge in [-0.2, -0.15) is 0 Å². The predicted molar refractivity (Wildman–Crippen MR) is 98.8 cm³/mol. The molecule has 0 fully saturated rings. The average Bonchev–Trinajstić information content (AvgIpc) is 3.07. The van der Waals surface area contributed by atoms with Crippen LogP contribution in [0.4, 0.5) is 21.9 Å². The van der Waals surface area contributed by atoms with Crippen molar-refractivity contribution in [3.05, 3.63) is 66.0 Å². The first-order valence-corrected chi connectivity index (χ1v) is 8.02. The molecule has 0 unspecified atom stereocenters. The van der Waals surface area contributed by atoms with Gasteiger partial charge >= 0.3 is 6.03 Å². The Morgan fingerprint density at radius 1 is 1.12 bits per heavy atom. The van der Waals surface area contributed by atoms with Crippen LogP contribution in [0.5, 0.6) is 0 Å². The maximum absolute atomic E-state index is 12.1. The fourth-order valence-corrected chi connectivity index (χ4v) is 2.44. The molecule has 2 amide bonds. The normalized spacial score (nSPS) is 13.2. The van der Waals surface area contributed by atoms with E-state index >= 15 is 0 Å². The van der Waals surface area contributed by atoms with Gasteiger partial charge in [0.1, 0.15) is 0 Å². The van der Waals surface area contributed by atoms with Crippen LogP contribution in [0.25, 0.3) is 0 Å². The van der Waals surface area contributed by atoms with Crippen molar-refractivity contribution in [2.24, 2.45) is 0 Å². The zero-order chi connectivity index (χ0) is 17.6. The highest BCUT2D eigenvalue weighted by Crippen LogP contribution is 2.20. The number of hydrogen-bond acceptors (Lipinski definition) is 5. The smallest absolute Gasteiger partial charge is 0.323 e. The van der Waals surface area contributed by atoms with Crippen molar-refractivity contribution in [3.8, 4) is 0 Å². The first kappa shape index (κ1) is 16.8. The van der Waals surface area contributed by atoms with Gasteiger partial charge in [0, 0.05) is 36.3 Å². The van der Waals surface area contributed by atoms with E-state index in [0.717, 1.165) is 22.6 Å². The van der Waals surface area contributed by atoms with Crippen LogP contribution in [0.3, 0.4) is 0 Å². The molecule has 5 N–H and O–H groups in total. The summed E-state index contributed by atoms with van der Waals surface area (Å²) in [4.78, 5) is 12.1. The molecular formula is C18H21N5O2. The number of amides is 2. The lowest BCUT2D eigenvalue weighted by Gasteiger charge is -2.16. The SMILES string of the molecule is Cc1ccccc1NC(=O)Nc1ccc(N2C=C(CCO)NN2)cc1. The molecule has 0 aliphatic carbocycles. The number of aryl methyl sites for hydroxylation is 1. The number of carbonyl (C=O) groups excluding carboxylic acids is 1. The number of benzene rings is 2. The van der Waals surface area contributed by atoms with Crippen molar-refractivity contribution in [1.82, 2.24) is 11.0 Å². The molecule has 130 valence electrons. The summed E-state index contributed by atoms with van der Waals surface area (Å²) in [7, 11) is 0. The molecule has 1 aliphatic rings. The Labute approximate surface area is 146 Å². The fraction of sp³-hybridized carbons (Fsp3) is 0.167. The molecule has 1 heterocycles. The van der Waals surface area contributed by atoms with Gasteiger partial charge in [-0.05, 0) is 42.8 Å². The molecule has 7 heteroatoms. The van der Waals surface area contributed by atoms with Crippen LogP contribution < -0.4 is 26.6 Å². The minimum atomic E-state index is -0.284. The fourth-order valence-electron chi connectivity index (χ4n) is 2.44. The zero-order valence-electron chi connectivity index (χ0n) is 13.9. The van der Waals surface area contributed by atoms with E-state index in [4.69, 9.17) is 5.11 Å². The lowest BCUT2D eigenvalue weighted by molar-refractivity contribution is 0.262. The first-order valence-electron chi connectivity index (χ1n) is 8.02. The third-order valence-electron chi connectivity index (χ3n) is 3.80. The average molecular weight is 339 g/mol. The van der Waals surface area contributed by atoms with Crippen molar-refractivity contribution >= 4 is 23.1 Å². The number of hydrazine groups is 2. The van der Waals surface area contributed by atoms with E-state index in [2.05, 4.69) is 21.6 Å². The van der Waals surface area contributed by atoms with Crippen LogP contribution in [0.2, 0.25) is 0 Å². The summed E-state index contributed by atoms with van der Waals surface area (Å²) in [6.07, 6.45) is 2.44. The van der Waals surface area contributed by atoms with E-state index in [-0.39, 0.29) is 12.6 Å². The van der Waals surface area contributed by atoms with Crippen LogP contribution in [0, 0.1) is 6.92 Å². The van der Waals surface area contributed by atoms with Gasteiger partial charge in [0.25, 0.3) is 0 Å². The summed E-state index contributed by atoms with van der Waals surface area (Å²) < 4.78 is 0. The molecule has 0 radical (unpaired) electrons. The van der Waals surface area contributed by atoms with Gasteiger partial charge in [0.15, 0.2) is 0 Å². The Hall–Kier alpha value is -3.03. The molecule has 2 aromatic rings. The highest BCUT2D eigenvalue weighted by molar-refractivity contribution is 6.00. The topological polar surface area (TPSA) is 88.7 Å². The molecule has 0 atom stereocenters. The number of para-hydroxylation sites is 1. The number of carbonyl (C=O) groups is 1. The van der Waals surface area contributed by atoms with Gasteiger partial charge < -0.3 is 21.2 Å². The summed E-state index contributed by atoms with van der Waals surface area (Å²) in [5.41, 5.74) is 10.3. The number of nitrogens with zero attached hydrogens (tertiary/aromatic N) is 1.